The van der Waals surface area contributed by atoms with Crippen LogP contribution in [0, 0.1) is 11.8 Å². The van der Waals surface area contributed by atoms with Gasteiger partial charge in [0.1, 0.15) is 6.54 Å². The van der Waals surface area contributed by atoms with E-state index in [0.29, 0.717) is 23.6 Å². The molecule has 6 heteroatoms. The van der Waals surface area contributed by atoms with E-state index in [4.69, 9.17) is 4.74 Å². The standard InChI is InChI=1S/C33H36N2O4/c36-31(27-21-25-9-7-8-10-26(25)22-27)34-17-20-35-18-15-24(16-19-35)30(23-35)39-32(37)33(38,28-11-3-1-4-12-28)29-13-5-2-6-14-29/h1-14,24,27,30,38H,15-23H2/p+1/t24?,30-,35?/m0/s1. The van der Waals surface area contributed by atoms with Gasteiger partial charge in [-0.2, -0.15) is 0 Å². The predicted octanol–water partition coefficient (Wildman–Crippen LogP) is 3.61. The van der Waals surface area contributed by atoms with Crippen LogP contribution in [0.2, 0.25) is 0 Å². The Labute approximate surface area is 230 Å². The maximum atomic E-state index is 13.7. The molecule has 3 aromatic rings. The Hall–Kier alpha value is -3.48. The molecule has 0 aromatic heterocycles. The fraction of sp³-hybridized carbons (Fsp3) is 0.394. The summed E-state index contributed by atoms with van der Waals surface area (Å²) in [4.78, 5) is 26.7. The summed E-state index contributed by atoms with van der Waals surface area (Å²) in [6.45, 7) is 4.24. The molecule has 2 N–H and O–H groups in total. The second-order valence-electron chi connectivity index (χ2n) is 11.6. The fourth-order valence-electron chi connectivity index (χ4n) is 6.96. The topological polar surface area (TPSA) is 75.6 Å². The van der Waals surface area contributed by atoms with Gasteiger partial charge in [-0.15, -0.1) is 0 Å². The molecule has 7 rings (SSSR count). The number of fused-ring (bicyclic) bond motifs is 4. The maximum absolute atomic E-state index is 13.7. The minimum atomic E-state index is -1.87. The van der Waals surface area contributed by atoms with E-state index >= 15 is 0 Å². The summed E-state index contributed by atoms with van der Waals surface area (Å²) in [6.07, 6.45) is 3.35. The van der Waals surface area contributed by atoms with E-state index in [1.165, 1.54) is 11.1 Å². The van der Waals surface area contributed by atoms with Gasteiger partial charge in [0.05, 0.1) is 26.2 Å². The van der Waals surface area contributed by atoms with Crippen LogP contribution < -0.4 is 5.32 Å². The molecule has 39 heavy (non-hydrogen) atoms. The molecule has 0 saturated carbocycles. The third-order valence-corrected chi connectivity index (χ3v) is 9.29. The number of carbonyl (C=O) groups is 2. The van der Waals surface area contributed by atoms with E-state index in [1.54, 1.807) is 24.3 Å². The van der Waals surface area contributed by atoms with Gasteiger partial charge in [-0.25, -0.2) is 4.79 Å². The van der Waals surface area contributed by atoms with Crippen molar-refractivity contribution in [1.82, 2.24) is 5.32 Å². The van der Waals surface area contributed by atoms with Crippen LogP contribution in [-0.4, -0.2) is 60.3 Å². The summed E-state index contributed by atoms with van der Waals surface area (Å²) < 4.78 is 7.02. The first-order chi connectivity index (χ1) is 19.0. The minimum Gasteiger partial charge on any atom is -0.453 e. The van der Waals surface area contributed by atoms with E-state index in [1.807, 2.05) is 48.5 Å². The van der Waals surface area contributed by atoms with Gasteiger partial charge in [0.2, 0.25) is 11.5 Å². The molecule has 3 aromatic carbocycles. The van der Waals surface area contributed by atoms with Gasteiger partial charge in [0.25, 0.3) is 0 Å². The van der Waals surface area contributed by atoms with Gasteiger partial charge in [-0.3, -0.25) is 4.79 Å². The van der Waals surface area contributed by atoms with Crippen molar-refractivity contribution < 1.29 is 23.9 Å². The SMILES string of the molecule is O=C(NCC[N+]12CCC(CC1)[C@@H](OC(=O)C(O)(c1ccccc1)c1ccccc1)C2)C1Cc2ccccc2C1. The number of amides is 1. The average molecular weight is 526 g/mol. The summed E-state index contributed by atoms with van der Waals surface area (Å²) in [5, 5.41) is 15.0. The van der Waals surface area contributed by atoms with Crippen molar-refractivity contribution in [3.63, 3.8) is 0 Å². The van der Waals surface area contributed by atoms with E-state index < -0.39 is 11.6 Å². The quantitative estimate of drug-likeness (QED) is 0.348. The van der Waals surface area contributed by atoms with Crippen molar-refractivity contribution in [2.24, 2.45) is 11.8 Å². The van der Waals surface area contributed by atoms with Gasteiger partial charge in [0, 0.05) is 24.7 Å². The lowest BCUT2D eigenvalue weighted by Gasteiger charge is -2.52. The van der Waals surface area contributed by atoms with Crippen molar-refractivity contribution in [2.75, 3.05) is 32.7 Å². The Balaban J connectivity index is 1.10. The number of hydrogen-bond donors (Lipinski definition) is 2. The molecule has 202 valence electrons. The highest BCUT2D eigenvalue weighted by Gasteiger charge is 2.50. The number of ether oxygens (including phenoxy) is 1. The van der Waals surface area contributed by atoms with Crippen LogP contribution in [-0.2, 0) is 32.8 Å². The Bertz CT molecular complexity index is 1250. The number of esters is 1. The number of hydrogen-bond acceptors (Lipinski definition) is 4. The van der Waals surface area contributed by atoms with Crippen molar-refractivity contribution in [3.05, 3.63) is 107 Å². The number of rotatable bonds is 8. The molecule has 3 saturated heterocycles. The Morgan fingerprint density at radius 3 is 1.95 bits per heavy atom. The lowest BCUT2D eigenvalue weighted by Crippen LogP contribution is -2.66. The summed E-state index contributed by atoms with van der Waals surface area (Å²) in [7, 11) is 0. The number of carbonyl (C=O) groups excluding carboxylic acids is 2. The van der Waals surface area contributed by atoms with Gasteiger partial charge < -0.3 is 19.6 Å². The number of aliphatic hydroxyl groups is 1. The van der Waals surface area contributed by atoms with E-state index in [-0.39, 0.29) is 17.9 Å². The maximum Gasteiger partial charge on any atom is 0.348 e. The monoisotopic (exact) mass is 525 g/mol. The zero-order chi connectivity index (χ0) is 26.9. The molecule has 1 amide bonds. The second-order valence-corrected chi connectivity index (χ2v) is 11.6. The fourth-order valence-corrected chi connectivity index (χ4v) is 6.96. The molecular formula is C33H37N2O4+. The smallest absolute Gasteiger partial charge is 0.348 e. The van der Waals surface area contributed by atoms with Crippen LogP contribution in [0.3, 0.4) is 0 Å². The first kappa shape index (κ1) is 25.8. The molecule has 0 radical (unpaired) electrons. The normalized spacial score (nSPS) is 24.2. The van der Waals surface area contributed by atoms with Gasteiger partial charge in [-0.05, 0) is 35.1 Å². The molecule has 0 spiro atoms. The van der Waals surface area contributed by atoms with Gasteiger partial charge in [-0.1, -0.05) is 84.9 Å². The molecule has 1 aliphatic carbocycles. The molecule has 0 unspecified atom stereocenters. The lowest BCUT2D eigenvalue weighted by atomic mass is 9.82. The number of piperidine rings is 3. The highest BCUT2D eigenvalue weighted by molar-refractivity contribution is 5.85. The minimum absolute atomic E-state index is 0.0110. The first-order valence-corrected chi connectivity index (χ1v) is 14.2. The van der Waals surface area contributed by atoms with Crippen LogP contribution in [0.25, 0.3) is 0 Å². The Kier molecular flexibility index (Phi) is 7.00. The van der Waals surface area contributed by atoms with Gasteiger partial charge >= 0.3 is 5.97 Å². The molecule has 1 atom stereocenters. The number of quaternary nitrogens is 1. The van der Waals surface area contributed by atoms with Crippen molar-refractivity contribution in [3.8, 4) is 0 Å². The van der Waals surface area contributed by atoms with Crippen molar-refractivity contribution in [1.29, 1.82) is 0 Å². The molecule has 6 nitrogen and oxygen atoms in total. The van der Waals surface area contributed by atoms with Crippen LogP contribution in [0.5, 0.6) is 0 Å². The van der Waals surface area contributed by atoms with Crippen LogP contribution in [0.15, 0.2) is 84.9 Å². The molecule has 3 fully saturated rings. The average Bonchev–Trinajstić information content (AvgIpc) is 3.43. The van der Waals surface area contributed by atoms with Crippen LogP contribution in [0.4, 0.5) is 0 Å². The van der Waals surface area contributed by atoms with E-state index in [2.05, 4.69) is 17.4 Å². The highest BCUT2D eigenvalue weighted by Crippen LogP contribution is 2.38. The summed E-state index contributed by atoms with van der Waals surface area (Å²) in [5.74, 6) is -0.172. The molecule has 4 aliphatic rings. The molecule has 3 heterocycles. The lowest BCUT2D eigenvalue weighted by molar-refractivity contribution is -0.945. The highest BCUT2D eigenvalue weighted by atomic mass is 16.6. The van der Waals surface area contributed by atoms with Gasteiger partial charge in [0.15, 0.2) is 6.10 Å². The number of benzene rings is 3. The number of nitrogens with one attached hydrogen (secondary N) is 1. The summed E-state index contributed by atoms with van der Waals surface area (Å²) in [5.41, 5.74) is 1.71. The summed E-state index contributed by atoms with van der Waals surface area (Å²) >= 11 is 0. The Morgan fingerprint density at radius 2 is 1.38 bits per heavy atom. The zero-order valence-electron chi connectivity index (χ0n) is 22.3. The predicted molar refractivity (Wildman–Crippen MR) is 149 cm³/mol. The third kappa shape index (κ3) is 4.99. The van der Waals surface area contributed by atoms with Crippen molar-refractivity contribution in [2.45, 2.75) is 37.4 Å². The van der Waals surface area contributed by atoms with Crippen LogP contribution in [0.1, 0.15) is 35.1 Å². The first-order valence-electron chi connectivity index (χ1n) is 14.2. The van der Waals surface area contributed by atoms with Crippen molar-refractivity contribution >= 4 is 11.9 Å². The number of nitrogens with zero attached hydrogens (tertiary/aromatic N) is 1. The molecule has 3 aliphatic heterocycles. The summed E-state index contributed by atoms with van der Waals surface area (Å²) in [6, 6.07) is 26.4. The molecular weight excluding hydrogens is 488 g/mol. The second kappa shape index (κ2) is 10.6. The zero-order valence-corrected chi connectivity index (χ0v) is 22.3. The third-order valence-electron chi connectivity index (χ3n) is 9.29. The van der Waals surface area contributed by atoms with E-state index in [9.17, 15) is 14.7 Å². The molecule has 2 bridgehead atoms. The Morgan fingerprint density at radius 1 is 0.846 bits per heavy atom. The largest absolute Gasteiger partial charge is 0.453 e. The van der Waals surface area contributed by atoms with Crippen LogP contribution >= 0.6 is 0 Å². The van der Waals surface area contributed by atoms with E-state index in [0.717, 1.165) is 56.3 Å².